The van der Waals surface area contributed by atoms with Crippen LogP contribution < -0.4 is 0 Å². The quantitative estimate of drug-likeness (QED) is 0.676. The van der Waals surface area contributed by atoms with Crippen LogP contribution in [0.25, 0.3) is 11.0 Å². The van der Waals surface area contributed by atoms with Gasteiger partial charge in [-0.3, -0.25) is 4.79 Å². The maximum Gasteiger partial charge on any atom is 0.313 e. The molecule has 0 amide bonds. The number of rotatable bonds is 5. The van der Waals surface area contributed by atoms with Crippen LogP contribution in [0, 0.1) is 5.82 Å². The molecule has 6 heteroatoms. The monoisotopic (exact) mass is 280 g/mol. The number of carboxylic acid groups (broad SMARTS) is 1. The highest BCUT2D eigenvalue weighted by molar-refractivity contribution is 7.99. The third-order valence-electron chi connectivity index (χ3n) is 2.43. The molecule has 4 nitrogen and oxygen atoms in total. The number of hydrogen-bond acceptors (Lipinski definition) is 3. The first-order valence-corrected chi connectivity index (χ1v) is 6.60. The molecule has 1 aromatic heterocycles. The highest BCUT2D eigenvalue weighted by Crippen LogP contribution is 2.25. The summed E-state index contributed by atoms with van der Waals surface area (Å²) >= 11 is 1.12. The molecule has 0 spiro atoms. The van der Waals surface area contributed by atoms with Crippen molar-refractivity contribution in [3.8, 4) is 0 Å². The number of halogens is 1. The lowest BCUT2D eigenvalue weighted by molar-refractivity contribution is -0.133. The number of nitrogens with zero attached hydrogens (tertiary/aromatic N) is 2. The van der Waals surface area contributed by atoms with Crippen LogP contribution in [0.4, 0.5) is 4.39 Å². The van der Waals surface area contributed by atoms with Gasteiger partial charge in [0.2, 0.25) is 0 Å². The maximum atomic E-state index is 13.3. The number of fused-ring (bicyclic) bond motifs is 1. The number of aromatic nitrogens is 2. The van der Waals surface area contributed by atoms with Gasteiger partial charge in [0, 0.05) is 6.54 Å². The highest BCUT2D eigenvalue weighted by Gasteiger charge is 2.13. The molecule has 19 heavy (non-hydrogen) atoms. The van der Waals surface area contributed by atoms with Gasteiger partial charge in [0.15, 0.2) is 5.16 Å². The normalized spacial score (nSPS) is 10.8. The largest absolute Gasteiger partial charge is 0.481 e. The van der Waals surface area contributed by atoms with Crippen molar-refractivity contribution in [3.63, 3.8) is 0 Å². The van der Waals surface area contributed by atoms with E-state index in [-0.39, 0.29) is 11.6 Å². The third-order valence-corrected chi connectivity index (χ3v) is 3.39. The van der Waals surface area contributed by atoms with Gasteiger partial charge in [-0.05, 0) is 25.1 Å². The summed E-state index contributed by atoms with van der Waals surface area (Å²) in [6.45, 7) is 6.17. The molecule has 0 saturated carbocycles. The lowest BCUT2D eigenvalue weighted by Gasteiger charge is -2.07. The minimum absolute atomic E-state index is 0.0814. The van der Waals surface area contributed by atoms with Crippen molar-refractivity contribution in [2.45, 2.75) is 18.6 Å². The number of carbonyl (C=O) groups is 1. The van der Waals surface area contributed by atoms with Crippen LogP contribution in [0.15, 0.2) is 35.5 Å². The first-order chi connectivity index (χ1) is 8.97. The van der Waals surface area contributed by atoms with E-state index in [2.05, 4.69) is 11.6 Å². The van der Waals surface area contributed by atoms with Crippen LogP contribution in [0.1, 0.15) is 6.92 Å². The number of aliphatic carboxylic acids is 1. The third kappa shape index (κ3) is 3.14. The van der Waals surface area contributed by atoms with Crippen LogP contribution in [-0.2, 0) is 11.3 Å². The van der Waals surface area contributed by atoms with E-state index in [1.807, 2.05) is 6.92 Å². The van der Waals surface area contributed by atoms with E-state index < -0.39 is 5.97 Å². The molecular formula is C13H13FN2O2S. The van der Waals surface area contributed by atoms with Gasteiger partial charge in [-0.2, -0.15) is 0 Å². The Morgan fingerprint density at radius 3 is 2.95 bits per heavy atom. The second-order valence-corrected chi connectivity index (χ2v) is 5.20. The summed E-state index contributed by atoms with van der Waals surface area (Å²) in [5.41, 5.74) is 2.19. The average Bonchev–Trinajstić information content (AvgIpc) is 2.64. The van der Waals surface area contributed by atoms with Crippen molar-refractivity contribution in [2.24, 2.45) is 0 Å². The van der Waals surface area contributed by atoms with E-state index in [0.717, 1.165) is 17.3 Å². The van der Waals surface area contributed by atoms with E-state index in [4.69, 9.17) is 5.11 Å². The van der Waals surface area contributed by atoms with Gasteiger partial charge in [0.05, 0.1) is 16.8 Å². The number of allylic oxidation sites excluding steroid dienone is 1. The fourth-order valence-corrected chi connectivity index (χ4v) is 2.47. The van der Waals surface area contributed by atoms with Crippen LogP contribution >= 0.6 is 11.8 Å². The Labute approximate surface area is 113 Å². The first-order valence-electron chi connectivity index (χ1n) is 5.62. The lowest BCUT2D eigenvalue weighted by Crippen LogP contribution is -2.04. The van der Waals surface area contributed by atoms with Crippen LogP contribution in [0.5, 0.6) is 0 Å². The van der Waals surface area contributed by atoms with Gasteiger partial charge >= 0.3 is 5.97 Å². The Hall–Kier alpha value is -1.82. The zero-order chi connectivity index (χ0) is 14.0. The second-order valence-electron chi connectivity index (χ2n) is 4.25. The van der Waals surface area contributed by atoms with Gasteiger partial charge in [0.1, 0.15) is 5.82 Å². The lowest BCUT2D eigenvalue weighted by atomic mass is 10.3. The molecule has 0 radical (unpaired) electrons. The Morgan fingerprint density at radius 1 is 1.58 bits per heavy atom. The topological polar surface area (TPSA) is 55.1 Å². The minimum atomic E-state index is -0.912. The minimum Gasteiger partial charge on any atom is -0.481 e. The van der Waals surface area contributed by atoms with E-state index in [0.29, 0.717) is 22.7 Å². The fourth-order valence-electron chi connectivity index (χ4n) is 1.73. The van der Waals surface area contributed by atoms with Gasteiger partial charge in [-0.15, -0.1) is 0 Å². The van der Waals surface area contributed by atoms with Gasteiger partial charge in [0.25, 0.3) is 0 Å². The van der Waals surface area contributed by atoms with Crippen molar-refractivity contribution in [3.05, 3.63) is 36.2 Å². The Bertz CT molecular complexity index is 651. The molecule has 100 valence electrons. The summed E-state index contributed by atoms with van der Waals surface area (Å²) in [5.74, 6) is -1.34. The molecule has 1 aromatic carbocycles. The molecular weight excluding hydrogens is 267 g/mol. The number of thioether (sulfide) groups is 1. The number of imidazole rings is 1. The molecule has 0 bridgehead atoms. The molecule has 0 fully saturated rings. The summed E-state index contributed by atoms with van der Waals surface area (Å²) in [5, 5.41) is 9.29. The predicted octanol–water partition coefficient (Wildman–Crippen LogP) is 2.93. The highest BCUT2D eigenvalue weighted by atomic mass is 32.2. The van der Waals surface area contributed by atoms with Crippen molar-refractivity contribution in [1.82, 2.24) is 9.55 Å². The zero-order valence-corrected chi connectivity index (χ0v) is 11.2. The molecule has 0 atom stereocenters. The Kier molecular flexibility index (Phi) is 3.90. The molecule has 0 aliphatic carbocycles. The molecule has 0 unspecified atom stereocenters. The summed E-state index contributed by atoms with van der Waals surface area (Å²) in [6.07, 6.45) is 0. The molecule has 0 aliphatic rings. The van der Waals surface area contributed by atoms with Crippen molar-refractivity contribution in [2.75, 3.05) is 5.75 Å². The smallest absolute Gasteiger partial charge is 0.313 e. The standard InChI is InChI=1S/C13H13FN2O2S/c1-8(2)6-16-11-5-9(14)3-4-10(11)15-13(16)19-7-12(17)18/h3-5H,1,6-7H2,2H3,(H,17,18). The van der Waals surface area contributed by atoms with Crippen molar-refractivity contribution in [1.29, 1.82) is 0 Å². The molecule has 0 saturated heterocycles. The molecule has 1 N–H and O–H groups in total. The number of hydrogen-bond donors (Lipinski definition) is 1. The van der Waals surface area contributed by atoms with Crippen LogP contribution in [-0.4, -0.2) is 26.4 Å². The predicted molar refractivity (Wildman–Crippen MR) is 72.9 cm³/mol. The Morgan fingerprint density at radius 2 is 2.32 bits per heavy atom. The van der Waals surface area contributed by atoms with E-state index in [1.54, 1.807) is 10.6 Å². The van der Waals surface area contributed by atoms with Gasteiger partial charge in [-0.1, -0.05) is 23.9 Å². The SMILES string of the molecule is C=C(C)Cn1c(SCC(=O)O)nc2ccc(F)cc21. The van der Waals surface area contributed by atoms with Crippen molar-refractivity contribution < 1.29 is 14.3 Å². The Balaban J connectivity index is 2.48. The van der Waals surface area contributed by atoms with E-state index >= 15 is 0 Å². The summed E-state index contributed by atoms with van der Waals surface area (Å²) in [4.78, 5) is 15.0. The molecule has 2 rings (SSSR count). The van der Waals surface area contributed by atoms with E-state index in [9.17, 15) is 9.18 Å². The zero-order valence-electron chi connectivity index (χ0n) is 10.4. The first kappa shape index (κ1) is 13.6. The maximum absolute atomic E-state index is 13.3. The van der Waals surface area contributed by atoms with Crippen LogP contribution in [0.3, 0.4) is 0 Å². The fraction of sp³-hybridized carbons (Fsp3) is 0.231. The molecule has 2 aromatic rings. The number of carboxylic acids is 1. The molecule has 1 heterocycles. The van der Waals surface area contributed by atoms with Gasteiger partial charge in [-0.25, -0.2) is 9.37 Å². The number of benzene rings is 1. The van der Waals surface area contributed by atoms with Crippen LogP contribution in [0.2, 0.25) is 0 Å². The molecule has 0 aliphatic heterocycles. The summed E-state index contributed by atoms with van der Waals surface area (Å²) < 4.78 is 15.1. The van der Waals surface area contributed by atoms with E-state index in [1.165, 1.54) is 12.1 Å². The average molecular weight is 280 g/mol. The second kappa shape index (κ2) is 5.44. The summed E-state index contributed by atoms with van der Waals surface area (Å²) in [7, 11) is 0. The summed E-state index contributed by atoms with van der Waals surface area (Å²) in [6, 6.07) is 4.33. The van der Waals surface area contributed by atoms with Crippen molar-refractivity contribution >= 4 is 28.8 Å². The van der Waals surface area contributed by atoms with Gasteiger partial charge < -0.3 is 9.67 Å².